The van der Waals surface area contributed by atoms with Crippen molar-refractivity contribution >= 4 is 142 Å². The van der Waals surface area contributed by atoms with Crippen LogP contribution in [0.15, 0.2) is 152 Å². The largest absolute Gasteiger partial charge is 0.506 e. The normalized spacial score (nSPS) is 10.8. The number of aromatic hydroxyl groups is 2. The van der Waals surface area contributed by atoms with E-state index in [-0.39, 0.29) is 73.3 Å². The van der Waals surface area contributed by atoms with Gasteiger partial charge in [0.05, 0.1) is 64.6 Å². The fourth-order valence-electron chi connectivity index (χ4n) is 9.71. The first kappa shape index (κ1) is 70.1. The number of hydrogen-bond acceptors (Lipinski definition) is 18. The number of fused-ring (bicyclic) bond motifs is 2. The summed E-state index contributed by atoms with van der Waals surface area (Å²) in [6.07, 6.45) is 0.540. The van der Waals surface area contributed by atoms with E-state index in [9.17, 15) is 43.8 Å². The number of halogens is 1. The Balaban J connectivity index is 0.000000228. The topological polar surface area (TPSA) is 314 Å². The van der Waals surface area contributed by atoms with Crippen molar-refractivity contribution in [2.45, 2.75) is 34.1 Å². The van der Waals surface area contributed by atoms with Crippen LogP contribution < -0.4 is 40.8 Å². The average molecular weight is 1390 g/mol. The number of hydrogen-bond donors (Lipinski definition) is 9. The van der Waals surface area contributed by atoms with Gasteiger partial charge in [-0.25, -0.2) is 9.97 Å². The third kappa shape index (κ3) is 18.6. The van der Waals surface area contributed by atoms with Crippen LogP contribution in [0, 0.1) is 20.8 Å². The minimum absolute atomic E-state index is 0.0501. The number of carbonyl (C=O) groups excluding carboxylic acids is 5. The molecule has 0 aliphatic carbocycles. The van der Waals surface area contributed by atoms with Gasteiger partial charge in [-0.3, -0.25) is 44.2 Å². The highest BCUT2D eigenvalue weighted by molar-refractivity contribution is 8.00. The number of benzene rings is 8. The number of aryl methyl sites for hydroxylation is 3. The van der Waals surface area contributed by atoms with E-state index in [1.54, 1.807) is 84.9 Å². The number of phenolic OH excluding ortho intramolecular Hbond substituents is 2. The van der Waals surface area contributed by atoms with Gasteiger partial charge >= 0.3 is 11.9 Å². The Hall–Kier alpha value is -10.2. The molecule has 2 heterocycles. The first-order chi connectivity index (χ1) is 46.2. The van der Waals surface area contributed by atoms with E-state index >= 15 is 0 Å². The van der Waals surface area contributed by atoms with E-state index in [2.05, 4.69) is 36.6 Å². The standard InChI is InChI=1S/C38H38N4O8S2.C32H26ClN3O6S2/c1-22-12-13-30(23(2)18-22)49-15-7-14-39-37(48)35-33(25-8-6-9-26(19-25)40-24(3)43)41-38(52-35)42-36(47)29-20-31(50-16-17-51-21-32(44)45)27-10-4-5-11-28(27)34(29)46;1-18-11-12-23(33)24(15-18)34-31(41)29-27(19-7-3-2-4-8-19)35-32(44-29)36-30(40)22-16-25(42-13-14-43-17-26(37)38)20-9-5-6-10-21(20)28(22)39/h4-6,8-13,18-20,46H,7,14-17,21H2,1-3H3,(H,39,48)(H,40,43)(H,44,45)(H,41,42,47);2-12,15-16,39H,13-14,17H2,1H3,(H,34,41)(H,37,38)(H,35,36,40). The fourth-order valence-corrected chi connectivity index (χ4v) is 12.7. The second kappa shape index (κ2) is 33.3. The van der Waals surface area contributed by atoms with E-state index in [4.69, 9.17) is 36.0 Å². The Labute approximate surface area is 572 Å². The van der Waals surface area contributed by atoms with Crippen molar-refractivity contribution in [3.63, 3.8) is 0 Å². The molecule has 10 rings (SSSR count). The Bertz CT molecular complexity index is 4550. The van der Waals surface area contributed by atoms with E-state index in [1.165, 1.54) is 42.6 Å². The molecule has 0 aliphatic rings. The molecule has 0 saturated heterocycles. The molecule has 0 aliphatic heterocycles. The summed E-state index contributed by atoms with van der Waals surface area (Å²) >= 11 is 10.7. The van der Waals surface area contributed by atoms with Crippen molar-refractivity contribution in [3.05, 3.63) is 194 Å². The second-order valence-electron chi connectivity index (χ2n) is 21.3. The number of thiazole rings is 2. The molecule has 5 amide bonds. The number of nitrogens with zero attached hydrogens (tertiary/aromatic N) is 2. The SMILES string of the molecule is CC(=O)Nc1cccc(-c2nc(NC(=O)c3cc(OCCSCC(=O)O)c4ccccc4c3O)sc2C(=O)NCCCOc2ccc(C)cc2C)c1.Cc1ccc(Cl)c(NC(=O)c2sc(NC(=O)c3cc(OCCSCC(=O)O)c4ccccc4c3O)nc2-c2ccccc2)c1. The molecule has 9 N–H and O–H groups in total. The molecule has 2 aromatic heterocycles. The lowest BCUT2D eigenvalue weighted by Gasteiger charge is -2.13. The average Bonchev–Trinajstić information content (AvgIpc) is 1.12. The molecule has 0 unspecified atom stereocenters. The van der Waals surface area contributed by atoms with Crippen molar-refractivity contribution < 1.29 is 68.2 Å². The Morgan fingerprint density at radius 3 is 1.56 bits per heavy atom. The molecule has 21 nitrogen and oxygen atoms in total. The lowest BCUT2D eigenvalue weighted by molar-refractivity contribution is -0.134. The molecule has 0 saturated carbocycles. The smallest absolute Gasteiger partial charge is 0.313 e. The summed E-state index contributed by atoms with van der Waals surface area (Å²) in [5.74, 6) is -2.61. The highest BCUT2D eigenvalue weighted by Crippen LogP contribution is 2.41. The second-order valence-corrected chi connectivity index (χ2v) is 25.9. The Morgan fingerprint density at radius 2 is 1.01 bits per heavy atom. The molecular weight excluding hydrogens is 1330 g/mol. The van der Waals surface area contributed by atoms with E-state index < -0.39 is 35.6 Å². The summed E-state index contributed by atoms with van der Waals surface area (Å²) in [5.41, 5.74) is 5.80. The van der Waals surface area contributed by atoms with Crippen molar-refractivity contribution in [2.24, 2.45) is 0 Å². The van der Waals surface area contributed by atoms with Crippen molar-refractivity contribution in [2.75, 3.05) is 70.6 Å². The Morgan fingerprint density at radius 1 is 0.510 bits per heavy atom. The number of aromatic nitrogens is 2. The van der Waals surface area contributed by atoms with Gasteiger partial charge in [-0.15, -0.1) is 23.5 Å². The number of ether oxygens (including phenoxy) is 3. The molecule has 0 spiro atoms. The van der Waals surface area contributed by atoms with Crippen LogP contribution in [0.3, 0.4) is 0 Å². The van der Waals surface area contributed by atoms with Crippen molar-refractivity contribution in [1.82, 2.24) is 15.3 Å². The number of aliphatic carboxylic acids is 2. The molecule has 96 heavy (non-hydrogen) atoms. The minimum atomic E-state index is -0.927. The number of carbonyl (C=O) groups is 7. The number of rotatable bonds is 27. The molecule has 8 aromatic carbocycles. The summed E-state index contributed by atoms with van der Waals surface area (Å²) in [7, 11) is 0. The first-order valence-corrected chi connectivity index (χ1v) is 34.0. The predicted molar refractivity (Wildman–Crippen MR) is 380 cm³/mol. The summed E-state index contributed by atoms with van der Waals surface area (Å²) < 4.78 is 17.7. The maximum atomic E-state index is 13.7. The zero-order chi connectivity index (χ0) is 68.4. The number of amides is 5. The maximum absolute atomic E-state index is 13.7. The summed E-state index contributed by atoms with van der Waals surface area (Å²) in [4.78, 5) is 97.3. The number of phenols is 2. The lowest BCUT2D eigenvalue weighted by atomic mass is 10.0. The molecule has 26 heteroatoms. The molecule has 10 aromatic rings. The molecule has 0 bridgehead atoms. The van der Waals surface area contributed by atoms with Crippen molar-refractivity contribution in [1.29, 1.82) is 0 Å². The minimum Gasteiger partial charge on any atom is -0.506 e. The van der Waals surface area contributed by atoms with Gasteiger partial charge in [0.15, 0.2) is 10.3 Å². The number of nitrogens with one attached hydrogen (secondary N) is 5. The zero-order valence-corrected chi connectivity index (χ0v) is 56.1. The maximum Gasteiger partial charge on any atom is 0.313 e. The van der Waals surface area contributed by atoms with E-state index in [0.29, 0.717) is 103 Å². The van der Waals surface area contributed by atoms with E-state index in [0.717, 1.165) is 45.1 Å². The summed E-state index contributed by atoms with van der Waals surface area (Å²) in [6.45, 7) is 8.36. The number of thioether (sulfide) groups is 2. The van der Waals surface area contributed by atoms with Crippen LogP contribution in [0.5, 0.6) is 28.7 Å². The number of carboxylic acids is 2. The summed E-state index contributed by atoms with van der Waals surface area (Å²) in [6, 6.07) is 43.9. The fraction of sp³-hybridized carbons (Fsp3) is 0.186. The van der Waals surface area contributed by atoms with Crippen molar-refractivity contribution in [3.8, 4) is 51.3 Å². The van der Waals surface area contributed by atoms with E-state index in [1.807, 2.05) is 75.4 Å². The highest BCUT2D eigenvalue weighted by atomic mass is 35.5. The van der Waals surface area contributed by atoms with Crippen LogP contribution in [0.1, 0.15) is 70.1 Å². The third-order valence-corrected chi connectivity index (χ3v) is 18.1. The molecule has 494 valence electrons. The quantitative estimate of drug-likeness (QED) is 0.0216. The molecule has 0 atom stereocenters. The molecular formula is C70H64ClN7O14S4. The van der Waals surface area contributed by atoms with Crippen LogP contribution in [-0.2, 0) is 14.4 Å². The molecule has 0 radical (unpaired) electrons. The van der Waals surface area contributed by atoms with Gasteiger partial charge < -0.3 is 50.6 Å². The van der Waals surface area contributed by atoms with Crippen LogP contribution in [0.2, 0.25) is 5.02 Å². The lowest BCUT2D eigenvalue weighted by Crippen LogP contribution is -2.25. The van der Waals surface area contributed by atoms with Gasteiger partial charge in [-0.2, -0.15) is 0 Å². The number of anilines is 4. The van der Waals surface area contributed by atoms with Gasteiger partial charge in [0.2, 0.25) is 5.91 Å². The molecule has 0 fully saturated rings. The van der Waals surface area contributed by atoms with Gasteiger partial charge in [0.1, 0.15) is 38.5 Å². The van der Waals surface area contributed by atoms with Gasteiger partial charge in [0, 0.05) is 63.3 Å². The third-order valence-electron chi connectivity index (χ3n) is 14.0. The van der Waals surface area contributed by atoms with Crippen LogP contribution in [0.25, 0.3) is 44.1 Å². The highest BCUT2D eigenvalue weighted by Gasteiger charge is 2.27. The first-order valence-electron chi connectivity index (χ1n) is 29.7. The Kier molecular flexibility index (Phi) is 24.3. The van der Waals surface area contributed by atoms with Crippen LogP contribution >= 0.6 is 57.8 Å². The number of carboxylic acid groups (broad SMARTS) is 2. The predicted octanol–water partition coefficient (Wildman–Crippen LogP) is 14.2. The van der Waals surface area contributed by atoms with Gasteiger partial charge in [0.25, 0.3) is 23.6 Å². The monoisotopic (exact) mass is 1390 g/mol. The van der Waals surface area contributed by atoms with Crippen LogP contribution in [-0.4, -0.2) is 121 Å². The summed E-state index contributed by atoms with van der Waals surface area (Å²) in [5, 5.41) is 56.5. The zero-order valence-electron chi connectivity index (χ0n) is 52.1. The van der Waals surface area contributed by atoms with Gasteiger partial charge in [-0.1, -0.05) is 149 Å². The van der Waals surface area contributed by atoms with Crippen LogP contribution in [0.4, 0.5) is 21.6 Å². The van der Waals surface area contributed by atoms with Gasteiger partial charge in [-0.05, 0) is 80.8 Å².